The van der Waals surface area contributed by atoms with Crippen LogP contribution in [0.25, 0.3) is 0 Å². The fourth-order valence-electron chi connectivity index (χ4n) is 1.74. The van der Waals surface area contributed by atoms with Crippen molar-refractivity contribution in [2.24, 2.45) is 0 Å². The number of ketones is 1. The first-order valence-electron chi connectivity index (χ1n) is 4.58. The predicted molar refractivity (Wildman–Crippen MR) is 57.6 cm³/mol. The van der Waals surface area contributed by atoms with Crippen molar-refractivity contribution in [2.75, 3.05) is 0 Å². The number of benzene rings is 1. The second kappa shape index (κ2) is 3.77. The van der Waals surface area contributed by atoms with Crippen LogP contribution in [0.2, 0.25) is 0 Å². The molecule has 0 amide bonds. The van der Waals surface area contributed by atoms with Crippen LogP contribution in [-0.2, 0) is 9.53 Å². The second-order valence-electron chi connectivity index (χ2n) is 3.46. The molecule has 1 aliphatic rings. The number of ether oxygens (including phenoxy) is 1. The molecule has 1 aromatic rings. The predicted octanol–water partition coefficient (Wildman–Crippen LogP) is 2.64. The van der Waals surface area contributed by atoms with Crippen molar-refractivity contribution in [3.05, 3.63) is 33.8 Å². The van der Waals surface area contributed by atoms with E-state index in [9.17, 15) is 9.59 Å². The highest BCUT2D eigenvalue weighted by Gasteiger charge is 2.31. The number of hydrogen-bond donors (Lipinski definition) is 0. The maximum atomic E-state index is 11.6. The van der Waals surface area contributed by atoms with Gasteiger partial charge in [-0.25, -0.2) is 0 Å². The Morgan fingerprint density at radius 3 is 2.93 bits per heavy atom. The van der Waals surface area contributed by atoms with Gasteiger partial charge in [-0.05, 0) is 12.1 Å². The van der Waals surface area contributed by atoms with Crippen molar-refractivity contribution in [3.63, 3.8) is 0 Å². The highest BCUT2D eigenvalue weighted by molar-refractivity contribution is 9.10. The summed E-state index contributed by atoms with van der Waals surface area (Å²) < 4.78 is 5.93. The Balaban J connectivity index is 2.38. The van der Waals surface area contributed by atoms with Gasteiger partial charge in [-0.2, -0.15) is 0 Å². The normalized spacial score (nSPS) is 18.8. The molecule has 0 spiro atoms. The molecule has 2 rings (SSSR count). The molecule has 0 heterocycles. The molecule has 3 nitrogen and oxygen atoms in total. The summed E-state index contributed by atoms with van der Waals surface area (Å²) in [7, 11) is 0. The number of rotatable bonds is 1. The summed E-state index contributed by atoms with van der Waals surface area (Å²) in [5, 5.41) is 0. The molecular weight excluding hydrogens is 260 g/mol. The Morgan fingerprint density at radius 1 is 1.53 bits per heavy atom. The third-order valence-corrected chi connectivity index (χ3v) is 2.83. The van der Waals surface area contributed by atoms with E-state index in [2.05, 4.69) is 15.9 Å². The number of carbonyl (C=O) groups excluding carboxylic acids is 2. The highest BCUT2D eigenvalue weighted by Crippen LogP contribution is 2.35. The van der Waals surface area contributed by atoms with Gasteiger partial charge in [-0.15, -0.1) is 0 Å². The zero-order valence-corrected chi connectivity index (χ0v) is 9.71. The van der Waals surface area contributed by atoms with Gasteiger partial charge < -0.3 is 4.74 Å². The molecule has 0 saturated heterocycles. The van der Waals surface area contributed by atoms with Crippen molar-refractivity contribution in [1.82, 2.24) is 0 Å². The molecule has 1 unspecified atom stereocenters. The molecule has 0 fully saturated rings. The molecule has 4 heteroatoms. The van der Waals surface area contributed by atoms with E-state index in [0.29, 0.717) is 5.56 Å². The first kappa shape index (κ1) is 10.4. The largest absolute Gasteiger partial charge is 0.457 e. The van der Waals surface area contributed by atoms with Crippen LogP contribution >= 0.6 is 15.9 Å². The van der Waals surface area contributed by atoms with E-state index in [4.69, 9.17) is 4.74 Å². The van der Waals surface area contributed by atoms with Crippen molar-refractivity contribution in [1.29, 1.82) is 0 Å². The minimum atomic E-state index is -0.405. The van der Waals surface area contributed by atoms with E-state index in [0.717, 1.165) is 10.0 Å². The molecule has 0 saturated carbocycles. The first-order valence-corrected chi connectivity index (χ1v) is 5.37. The van der Waals surface area contributed by atoms with E-state index in [1.54, 1.807) is 6.07 Å². The summed E-state index contributed by atoms with van der Waals surface area (Å²) in [5.74, 6) is -0.332. The number of halogens is 1. The van der Waals surface area contributed by atoms with Crippen LogP contribution in [0.1, 0.15) is 35.4 Å². The molecule has 0 N–H and O–H groups in total. The fourth-order valence-corrected chi connectivity index (χ4v) is 2.11. The number of Topliss-reactive ketones (excluding diaryl/α,β-unsaturated/α-hetero) is 1. The van der Waals surface area contributed by atoms with Gasteiger partial charge in [-0.1, -0.05) is 22.0 Å². The van der Waals surface area contributed by atoms with Crippen LogP contribution in [0.4, 0.5) is 0 Å². The van der Waals surface area contributed by atoms with Crippen LogP contribution in [0.15, 0.2) is 22.7 Å². The summed E-state index contributed by atoms with van der Waals surface area (Å²) in [6, 6.07) is 5.42. The molecule has 0 aliphatic heterocycles. The van der Waals surface area contributed by atoms with Gasteiger partial charge in [0, 0.05) is 22.5 Å². The summed E-state index contributed by atoms with van der Waals surface area (Å²) in [6.07, 6.45) is -0.149. The lowest BCUT2D eigenvalue weighted by atomic mass is 10.1. The molecule has 15 heavy (non-hydrogen) atoms. The summed E-state index contributed by atoms with van der Waals surface area (Å²) in [6.45, 7) is 1.35. The Bertz CT molecular complexity index is 439. The molecule has 1 aromatic carbocycles. The van der Waals surface area contributed by atoms with E-state index in [1.165, 1.54) is 6.92 Å². The number of carbonyl (C=O) groups is 2. The Morgan fingerprint density at radius 2 is 2.27 bits per heavy atom. The maximum absolute atomic E-state index is 11.6. The third kappa shape index (κ3) is 1.95. The number of esters is 1. The quantitative estimate of drug-likeness (QED) is 0.736. The van der Waals surface area contributed by atoms with Gasteiger partial charge in [0.2, 0.25) is 0 Å². The van der Waals surface area contributed by atoms with E-state index < -0.39 is 6.10 Å². The lowest BCUT2D eigenvalue weighted by Crippen LogP contribution is -2.05. The van der Waals surface area contributed by atoms with E-state index >= 15 is 0 Å². The SMILES string of the molecule is CC(=O)OC1CC(=O)c2cc(Br)ccc21. The monoisotopic (exact) mass is 268 g/mol. The Hall–Kier alpha value is -1.16. The molecule has 1 atom stereocenters. The van der Waals surface area contributed by atoms with Crippen LogP contribution in [0.5, 0.6) is 0 Å². The average Bonchev–Trinajstić information content (AvgIpc) is 2.42. The standard InChI is InChI=1S/C11H9BrO3/c1-6(13)15-11-5-10(14)9-4-7(12)2-3-8(9)11/h2-4,11H,5H2,1H3. The number of hydrogen-bond acceptors (Lipinski definition) is 3. The molecule has 0 bridgehead atoms. The van der Waals surface area contributed by atoms with Crippen LogP contribution in [-0.4, -0.2) is 11.8 Å². The molecular formula is C11H9BrO3. The zero-order valence-electron chi connectivity index (χ0n) is 8.12. The van der Waals surface area contributed by atoms with Crippen molar-refractivity contribution in [2.45, 2.75) is 19.4 Å². The van der Waals surface area contributed by atoms with Gasteiger partial charge in [0.15, 0.2) is 5.78 Å². The smallest absolute Gasteiger partial charge is 0.303 e. The topological polar surface area (TPSA) is 43.4 Å². The minimum Gasteiger partial charge on any atom is -0.457 e. The zero-order chi connectivity index (χ0) is 11.0. The lowest BCUT2D eigenvalue weighted by molar-refractivity contribution is -0.146. The molecule has 0 radical (unpaired) electrons. The summed E-state index contributed by atoms with van der Waals surface area (Å²) in [5.41, 5.74) is 1.45. The average molecular weight is 269 g/mol. The first-order chi connectivity index (χ1) is 7.08. The van der Waals surface area contributed by atoms with Gasteiger partial charge in [0.25, 0.3) is 0 Å². The van der Waals surface area contributed by atoms with Gasteiger partial charge >= 0.3 is 5.97 Å². The Kier molecular flexibility index (Phi) is 2.61. The molecule has 78 valence electrons. The highest BCUT2D eigenvalue weighted by atomic mass is 79.9. The van der Waals surface area contributed by atoms with Crippen molar-refractivity contribution >= 4 is 27.7 Å². The van der Waals surface area contributed by atoms with Crippen LogP contribution in [0.3, 0.4) is 0 Å². The molecule has 1 aliphatic carbocycles. The van der Waals surface area contributed by atoms with Crippen LogP contribution < -0.4 is 0 Å². The lowest BCUT2D eigenvalue weighted by Gasteiger charge is -2.10. The van der Waals surface area contributed by atoms with Crippen molar-refractivity contribution < 1.29 is 14.3 Å². The van der Waals surface area contributed by atoms with E-state index in [-0.39, 0.29) is 18.2 Å². The number of fused-ring (bicyclic) bond motifs is 1. The third-order valence-electron chi connectivity index (χ3n) is 2.34. The maximum Gasteiger partial charge on any atom is 0.303 e. The summed E-state index contributed by atoms with van der Waals surface area (Å²) >= 11 is 3.30. The Labute approximate surface area is 95.6 Å². The van der Waals surface area contributed by atoms with E-state index in [1.807, 2.05) is 12.1 Å². The second-order valence-corrected chi connectivity index (χ2v) is 4.37. The summed E-state index contributed by atoms with van der Waals surface area (Å²) in [4.78, 5) is 22.4. The molecule has 0 aromatic heterocycles. The van der Waals surface area contributed by atoms with Gasteiger partial charge in [0.1, 0.15) is 6.10 Å². The van der Waals surface area contributed by atoms with Crippen molar-refractivity contribution in [3.8, 4) is 0 Å². The van der Waals surface area contributed by atoms with Gasteiger partial charge in [-0.3, -0.25) is 9.59 Å². The minimum absolute atomic E-state index is 0.0255. The van der Waals surface area contributed by atoms with Gasteiger partial charge in [0.05, 0.1) is 6.42 Å². The fraction of sp³-hybridized carbons (Fsp3) is 0.273. The van der Waals surface area contributed by atoms with Crippen LogP contribution in [0, 0.1) is 0 Å².